The maximum absolute atomic E-state index is 13.1. The highest BCUT2D eigenvalue weighted by atomic mass is 32.1. The third-order valence-corrected chi connectivity index (χ3v) is 6.50. The molecule has 1 atom stereocenters. The molecule has 1 aliphatic carbocycles. The number of anilines is 3. The van der Waals surface area contributed by atoms with Gasteiger partial charge in [0.25, 0.3) is 11.8 Å². The maximum atomic E-state index is 13.1. The molecule has 154 valence electrons. The van der Waals surface area contributed by atoms with Crippen molar-refractivity contribution in [2.24, 2.45) is 5.73 Å². The molecule has 1 aliphatic rings. The second-order valence-electron chi connectivity index (χ2n) is 7.52. The van der Waals surface area contributed by atoms with E-state index in [1.54, 1.807) is 0 Å². The van der Waals surface area contributed by atoms with Crippen molar-refractivity contribution < 1.29 is 9.59 Å². The molecule has 2 aromatic carbocycles. The summed E-state index contributed by atoms with van der Waals surface area (Å²) in [5, 5.41) is 6.74. The number of fused-ring (bicyclic) bond motifs is 1. The minimum absolute atomic E-state index is 0.0746. The molecule has 7 heteroatoms. The van der Waals surface area contributed by atoms with E-state index in [0.29, 0.717) is 9.88 Å². The molecule has 0 unspecified atom stereocenters. The summed E-state index contributed by atoms with van der Waals surface area (Å²) in [6.45, 7) is 1.99. The molecule has 1 aromatic heterocycles. The number of carbonyl (C=O) groups is 2. The molecule has 0 saturated heterocycles. The normalized spacial score (nSPS) is 15.3. The highest BCUT2D eigenvalue weighted by Gasteiger charge is 2.27. The topological polar surface area (TPSA) is 110 Å². The van der Waals surface area contributed by atoms with E-state index < -0.39 is 5.91 Å². The summed E-state index contributed by atoms with van der Waals surface area (Å²) in [5.41, 5.74) is 16.3. The summed E-state index contributed by atoms with van der Waals surface area (Å²) in [4.78, 5) is 25.4. The highest BCUT2D eigenvalue weighted by molar-refractivity contribution is 7.19. The van der Waals surface area contributed by atoms with Crippen molar-refractivity contribution >= 4 is 39.5 Å². The SMILES string of the molecule is Cc1ccc(Nc2sc(C(=O)N[C@H]3CCCc4ccccc43)c(N)c2C(N)=O)cc1. The van der Waals surface area contributed by atoms with Crippen molar-refractivity contribution in [2.45, 2.75) is 32.2 Å². The summed E-state index contributed by atoms with van der Waals surface area (Å²) in [7, 11) is 0. The molecule has 0 bridgehead atoms. The first-order valence-corrected chi connectivity index (χ1v) is 10.7. The predicted molar refractivity (Wildman–Crippen MR) is 121 cm³/mol. The van der Waals surface area contributed by atoms with Gasteiger partial charge in [0.1, 0.15) is 9.88 Å². The number of rotatable bonds is 5. The fourth-order valence-corrected chi connectivity index (χ4v) is 4.89. The Morgan fingerprint density at radius 3 is 2.57 bits per heavy atom. The molecule has 0 aliphatic heterocycles. The molecule has 4 rings (SSSR count). The first kappa shape index (κ1) is 20.0. The number of benzene rings is 2. The van der Waals surface area contributed by atoms with E-state index in [1.165, 1.54) is 5.56 Å². The number of nitrogens with one attached hydrogen (secondary N) is 2. The second-order valence-corrected chi connectivity index (χ2v) is 8.54. The Bertz CT molecular complexity index is 1100. The Hall–Kier alpha value is -3.32. The van der Waals surface area contributed by atoms with Gasteiger partial charge in [-0.2, -0.15) is 0 Å². The smallest absolute Gasteiger partial charge is 0.264 e. The highest BCUT2D eigenvalue weighted by Crippen LogP contribution is 2.38. The third-order valence-electron chi connectivity index (χ3n) is 5.38. The van der Waals surface area contributed by atoms with Crippen molar-refractivity contribution in [3.05, 3.63) is 75.7 Å². The van der Waals surface area contributed by atoms with Gasteiger partial charge in [-0.3, -0.25) is 9.59 Å². The van der Waals surface area contributed by atoms with E-state index in [4.69, 9.17) is 11.5 Å². The van der Waals surface area contributed by atoms with E-state index >= 15 is 0 Å². The lowest BCUT2D eigenvalue weighted by molar-refractivity contribution is 0.0937. The number of hydrogen-bond acceptors (Lipinski definition) is 5. The zero-order valence-electron chi connectivity index (χ0n) is 16.7. The van der Waals surface area contributed by atoms with Gasteiger partial charge in [-0.05, 0) is 49.4 Å². The van der Waals surface area contributed by atoms with Crippen LogP contribution in [0.25, 0.3) is 0 Å². The van der Waals surface area contributed by atoms with E-state index in [0.717, 1.165) is 47.4 Å². The van der Waals surface area contributed by atoms with Crippen LogP contribution in [0.3, 0.4) is 0 Å². The zero-order chi connectivity index (χ0) is 21.3. The van der Waals surface area contributed by atoms with Crippen LogP contribution in [0.5, 0.6) is 0 Å². The Morgan fingerprint density at radius 1 is 1.10 bits per heavy atom. The Kier molecular flexibility index (Phi) is 5.46. The average Bonchev–Trinajstić information content (AvgIpc) is 3.06. The summed E-state index contributed by atoms with van der Waals surface area (Å²) in [5.74, 6) is -0.959. The number of nitrogen functional groups attached to an aromatic ring is 1. The van der Waals surface area contributed by atoms with Crippen molar-refractivity contribution in [3.8, 4) is 0 Å². The Morgan fingerprint density at radius 2 is 1.83 bits per heavy atom. The lowest BCUT2D eigenvalue weighted by Gasteiger charge is -2.26. The van der Waals surface area contributed by atoms with Gasteiger partial charge in [0.15, 0.2) is 0 Å². The number of carbonyl (C=O) groups excluding carboxylic acids is 2. The maximum Gasteiger partial charge on any atom is 0.264 e. The molecule has 0 saturated carbocycles. The lowest BCUT2D eigenvalue weighted by Crippen LogP contribution is -2.31. The van der Waals surface area contributed by atoms with Gasteiger partial charge >= 0.3 is 0 Å². The quantitative estimate of drug-likeness (QED) is 0.493. The summed E-state index contributed by atoms with van der Waals surface area (Å²) in [6, 6.07) is 15.8. The zero-order valence-corrected chi connectivity index (χ0v) is 17.5. The monoisotopic (exact) mass is 420 g/mol. The lowest BCUT2D eigenvalue weighted by atomic mass is 9.88. The molecule has 6 N–H and O–H groups in total. The molecule has 6 nitrogen and oxygen atoms in total. The van der Waals surface area contributed by atoms with Crippen molar-refractivity contribution in [3.63, 3.8) is 0 Å². The predicted octanol–water partition coefficient (Wildman–Crippen LogP) is 4.29. The van der Waals surface area contributed by atoms with Crippen LogP contribution in [-0.2, 0) is 6.42 Å². The van der Waals surface area contributed by atoms with E-state index in [-0.39, 0.29) is 23.2 Å². The fraction of sp³-hybridized carbons (Fsp3) is 0.217. The summed E-state index contributed by atoms with van der Waals surface area (Å²) < 4.78 is 0. The van der Waals surface area contributed by atoms with Gasteiger partial charge in [-0.25, -0.2) is 0 Å². The minimum Gasteiger partial charge on any atom is -0.397 e. The van der Waals surface area contributed by atoms with Crippen molar-refractivity contribution in [1.82, 2.24) is 5.32 Å². The second kappa shape index (κ2) is 8.20. The molecular formula is C23H24N4O2S. The van der Waals surface area contributed by atoms with Crippen molar-refractivity contribution in [2.75, 3.05) is 11.1 Å². The van der Waals surface area contributed by atoms with Crippen LogP contribution in [0.4, 0.5) is 16.4 Å². The number of amides is 2. The first-order valence-electron chi connectivity index (χ1n) is 9.88. The van der Waals surface area contributed by atoms with Crippen LogP contribution in [-0.4, -0.2) is 11.8 Å². The average molecular weight is 421 g/mol. The molecule has 3 aromatic rings. The van der Waals surface area contributed by atoms with Crippen LogP contribution >= 0.6 is 11.3 Å². The van der Waals surface area contributed by atoms with Gasteiger partial charge < -0.3 is 22.1 Å². The summed E-state index contributed by atoms with van der Waals surface area (Å²) in [6.07, 6.45) is 2.89. The number of primary amides is 1. The first-order chi connectivity index (χ1) is 14.4. The molecule has 1 heterocycles. The molecule has 30 heavy (non-hydrogen) atoms. The van der Waals surface area contributed by atoms with Crippen LogP contribution in [0.2, 0.25) is 0 Å². The van der Waals surface area contributed by atoms with Gasteiger partial charge in [-0.15, -0.1) is 11.3 Å². The molecule has 0 radical (unpaired) electrons. The van der Waals surface area contributed by atoms with E-state index in [1.807, 2.05) is 43.3 Å². The van der Waals surface area contributed by atoms with Crippen LogP contribution < -0.4 is 22.1 Å². The van der Waals surface area contributed by atoms with Crippen LogP contribution in [0, 0.1) is 6.92 Å². The van der Waals surface area contributed by atoms with E-state index in [2.05, 4.69) is 22.8 Å². The number of nitrogens with two attached hydrogens (primary N) is 2. The van der Waals surface area contributed by atoms with Gasteiger partial charge in [-0.1, -0.05) is 42.0 Å². The Labute approximate surface area is 179 Å². The fourth-order valence-electron chi connectivity index (χ4n) is 3.84. The van der Waals surface area contributed by atoms with Crippen LogP contribution in [0.15, 0.2) is 48.5 Å². The molecule has 0 spiro atoms. The van der Waals surface area contributed by atoms with Crippen LogP contribution in [0.1, 0.15) is 55.6 Å². The van der Waals surface area contributed by atoms with Gasteiger partial charge in [0, 0.05) is 5.69 Å². The largest absolute Gasteiger partial charge is 0.397 e. The molecule has 0 fully saturated rings. The standard InChI is InChI=1S/C23H24N4O2S/c1-13-9-11-15(12-10-13)26-23-18(21(25)28)19(24)20(30-23)22(29)27-17-8-4-6-14-5-2-3-7-16(14)17/h2-3,5,7,9-12,17,26H,4,6,8,24H2,1H3,(H2,25,28)(H,27,29)/t17-/m0/s1. The number of thiophene rings is 1. The van der Waals surface area contributed by atoms with E-state index in [9.17, 15) is 9.59 Å². The number of aryl methyl sites for hydroxylation is 2. The molecule has 2 amide bonds. The van der Waals surface area contributed by atoms with Gasteiger partial charge in [0.2, 0.25) is 0 Å². The van der Waals surface area contributed by atoms with Crippen molar-refractivity contribution in [1.29, 1.82) is 0 Å². The summed E-state index contributed by atoms with van der Waals surface area (Å²) >= 11 is 1.14. The Balaban J connectivity index is 1.62. The number of hydrogen-bond donors (Lipinski definition) is 4. The molecular weight excluding hydrogens is 396 g/mol. The third kappa shape index (κ3) is 3.89. The minimum atomic E-state index is -0.666. The van der Waals surface area contributed by atoms with Gasteiger partial charge in [0.05, 0.1) is 17.3 Å².